The summed E-state index contributed by atoms with van der Waals surface area (Å²) in [5.74, 6) is 1.20. The number of aryl methyl sites for hydroxylation is 1. The summed E-state index contributed by atoms with van der Waals surface area (Å²) in [7, 11) is -3.86. The topological polar surface area (TPSA) is 100 Å². The molecule has 6 aromatic rings. The van der Waals surface area contributed by atoms with Crippen LogP contribution < -0.4 is 15.4 Å². The fourth-order valence-corrected chi connectivity index (χ4v) is 6.77. The molecule has 6 rings (SSSR count). The average molecular weight is 656 g/mol. The first-order valence-electron chi connectivity index (χ1n) is 15.8. The van der Waals surface area contributed by atoms with Crippen LogP contribution in [0.5, 0.6) is 0 Å². The third-order valence-electron chi connectivity index (χ3n) is 8.15. The highest BCUT2D eigenvalue weighted by Crippen LogP contribution is 2.32. The molecule has 0 aliphatic heterocycles. The van der Waals surface area contributed by atoms with Crippen molar-refractivity contribution in [1.82, 2.24) is 15.4 Å². The third-order valence-corrected chi connectivity index (χ3v) is 9.61. The zero-order chi connectivity index (χ0) is 33.3. The van der Waals surface area contributed by atoms with Gasteiger partial charge in [0, 0.05) is 17.7 Å². The van der Waals surface area contributed by atoms with Gasteiger partial charge in [0.15, 0.2) is 0 Å². The van der Waals surface area contributed by atoms with E-state index in [1.165, 1.54) is 0 Å². The molecule has 0 saturated heterocycles. The number of rotatable bonds is 13. The first-order chi connectivity index (χ1) is 23.4. The molecule has 0 bridgehead atoms. The van der Waals surface area contributed by atoms with Gasteiger partial charge in [-0.3, -0.25) is 4.79 Å². The number of carbonyl (C=O) groups excluding carboxylic acids is 1. The van der Waals surface area contributed by atoms with Gasteiger partial charge in [-0.15, -0.1) is 0 Å². The van der Waals surface area contributed by atoms with Crippen LogP contribution in [0.3, 0.4) is 0 Å². The van der Waals surface area contributed by atoms with Crippen molar-refractivity contribution in [2.24, 2.45) is 0 Å². The standard InChI is InChI=1S/C40H37N3O4S/c1-29-17-24-36(25-18-29)48(45,46)43-39(33-15-9-4-10-16-33)38(32-13-7-3-8-14-32)41-28-35-23-26-37(47-35)31-19-21-34(22-20-31)40(44)42-27-30-11-5-2-6-12-30/h2-26,38-39,41,43H,27-28H2,1H3,(H,42,44)/t38-,39-/m1/s1. The Morgan fingerprint density at radius 2 is 1.23 bits per heavy atom. The molecule has 0 unspecified atom stereocenters. The minimum absolute atomic E-state index is 0.146. The predicted molar refractivity (Wildman–Crippen MR) is 188 cm³/mol. The monoisotopic (exact) mass is 655 g/mol. The maximum atomic E-state index is 13.7. The molecular formula is C40H37N3O4S. The molecule has 7 nitrogen and oxygen atoms in total. The van der Waals surface area contributed by atoms with Gasteiger partial charge in [0.05, 0.1) is 23.5 Å². The fourth-order valence-electron chi connectivity index (χ4n) is 5.53. The first-order valence-corrected chi connectivity index (χ1v) is 17.3. The lowest BCUT2D eigenvalue weighted by molar-refractivity contribution is 0.0951. The van der Waals surface area contributed by atoms with Crippen LogP contribution in [0.2, 0.25) is 0 Å². The Kier molecular flexibility index (Phi) is 10.3. The van der Waals surface area contributed by atoms with Crippen LogP contribution >= 0.6 is 0 Å². The second kappa shape index (κ2) is 15.1. The van der Waals surface area contributed by atoms with Crippen molar-refractivity contribution < 1.29 is 17.6 Å². The third kappa shape index (κ3) is 8.16. The Bertz CT molecular complexity index is 2030. The lowest BCUT2D eigenvalue weighted by atomic mass is 9.94. The predicted octanol–water partition coefficient (Wildman–Crippen LogP) is 7.74. The van der Waals surface area contributed by atoms with E-state index in [4.69, 9.17) is 4.42 Å². The fraction of sp³-hybridized carbons (Fsp3) is 0.125. The highest BCUT2D eigenvalue weighted by atomic mass is 32.2. The molecule has 242 valence electrons. The van der Waals surface area contributed by atoms with Crippen LogP contribution in [-0.2, 0) is 23.1 Å². The Morgan fingerprint density at radius 3 is 1.85 bits per heavy atom. The number of carbonyl (C=O) groups is 1. The van der Waals surface area contributed by atoms with E-state index in [1.54, 1.807) is 36.4 Å². The zero-order valence-electron chi connectivity index (χ0n) is 26.5. The van der Waals surface area contributed by atoms with Crippen molar-refractivity contribution in [1.29, 1.82) is 0 Å². The highest BCUT2D eigenvalue weighted by molar-refractivity contribution is 7.89. The van der Waals surface area contributed by atoms with E-state index in [9.17, 15) is 13.2 Å². The second-order valence-corrected chi connectivity index (χ2v) is 13.3. The van der Waals surface area contributed by atoms with Crippen molar-refractivity contribution in [2.45, 2.75) is 37.0 Å². The molecular weight excluding hydrogens is 619 g/mol. The van der Waals surface area contributed by atoms with E-state index in [0.717, 1.165) is 27.8 Å². The highest BCUT2D eigenvalue weighted by Gasteiger charge is 2.30. The van der Waals surface area contributed by atoms with Crippen LogP contribution in [0.25, 0.3) is 11.3 Å². The maximum Gasteiger partial charge on any atom is 0.251 e. The van der Waals surface area contributed by atoms with Crippen molar-refractivity contribution in [3.63, 3.8) is 0 Å². The van der Waals surface area contributed by atoms with Crippen molar-refractivity contribution in [2.75, 3.05) is 0 Å². The second-order valence-electron chi connectivity index (χ2n) is 11.6. The summed E-state index contributed by atoms with van der Waals surface area (Å²) in [4.78, 5) is 12.9. The molecule has 0 radical (unpaired) electrons. The molecule has 0 aliphatic rings. The maximum absolute atomic E-state index is 13.7. The van der Waals surface area contributed by atoms with E-state index in [2.05, 4.69) is 15.4 Å². The van der Waals surface area contributed by atoms with Crippen LogP contribution in [0.1, 0.15) is 50.5 Å². The van der Waals surface area contributed by atoms with Gasteiger partial charge in [0.2, 0.25) is 10.0 Å². The number of benzene rings is 5. The van der Waals surface area contributed by atoms with Gasteiger partial charge in [-0.2, -0.15) is 0 Å². The van der Waals surface area contributed by atoms with Gasteiger partial charge in [-0.1, -0.05) is 121 Å². The number of nitrogens with one attached hydrogen (secondary N) is 3. The van der Waals surface area contributed by atoms with Gasteiger partial charge < -0.3 is 15.1 Å². The van der Waals surface area contributed by atoms with Crippen molar-refractivity contribution >= 4 is 15.9 Å². The Labute approximate surface area is 281 Å². The van der Waals surface area contributed by atoms with Crippen molar-refractivity contribution in [3.05, 3.63) is 185 Å². The molecule has 0 aliphatic carbocycles. The molecule has 1 heterocycles. The van der Waals surface area contributed by atoms with E-state index >= 15 is 0 Å². The van der Waals surface area contributed by atoms with Crippen molar-refractivity contribution in [3.8, 4) is 11.3 Å². The molecule has 0 spiro atoms. The van der Waals surface area contributed by atoms with Gasteiger partial charge in [-0.25, -0.2) is 13.1 Å². The van der Waals surface area contributed by atoms with Crippen LogP contribution in [-0.4, -0.2) is 14.3 Å². The minimum Gasteiger partial charge on any atom is -0.460 e. The van der Waals surface area contributed by atoms with E-state index in [1.807, 2.05) is 122 Å². The molecule has 8 heteroatoms. The van der Waals surface area contributed by atoms with Crippen LogP contribution in [0.4, 0.5) is 0 Å². The molecule has 1 amide bonds. The number of furan rings is 1. The van der Waals surface area contributed by atoms with E-state index < -0.39 is 22.1 Å². The average Bonchev–Trinajstić information content (AvgIpc) is 3.61. The molecule has 48 heavy (non-hydrogen) atoms. The summed E-state index contributed by atoms with van der Waals surface area (Å²) < 4.78 is 36.6. The summed E-state index contributed by atoms with van der Waals surface area (Å²) in [5.41, 5.74) is 5.17. The zero-order valence-corrected chi connectivity index (χ0v) is 27.4. The Morgan fingerprint density at radius 1 is 0.646 bits per heavy atom. The Balaban J connectivity index is 1.20. The van der Waals surface area contributed by atoms with Gasteiger partial charge in [0.25, 0.3) is 5.91 Å². The quantitative estimate of drug-likeness (QED) is 0.118. The van der Waals surface area contributed by atoms with Crippen LogP contribution in [0.15, 0.2) is 161 Å². The van der Waals surface area contributed by atoms with Crippen LogP contribution in [0, 0.1) is 6.92 Å². The Hall–Kier alpha value is -5.28. The van der Waals surface area contributed by atoms with E-state index in [-0.39, 0.29) is 10.8 Å². The number of amides is 1. The smallest absolute Gasteiger partial charge is 0.251 e. The normalized spacial score (nSPS) is 12.7. The summed E-state index contributed by atoms with van der Waals surface area (Å²) in [6.45, 7) is 2.72. The molecule has 5 aromatic carbocycles. The largest absolute Gasteiger partial charge is 0.460 e. The molecule has 1 aromatic heterocycles. The molecule has 0 fully saturated rings. The number of hydrogen-bond acceptors (Lipinski definition) is 5. The number of hydrogen-bond donors (Lipinski definition) is 3. The molecule has 2 atom stereocenters. The SMILES string of the molecule is Cc1ccc(S(=O)(=O)N[C@H](c2ccccc2)[C@H](NCc2ccc(-c3ccc(C(=O)NCc4ccccc4)cc3)o2)c2ccccc2)cc1. The minimum atomic E-state index is -3.86. The van der Waals surface area contributed by atoms with Gasteiger partial charge >= 0.3 is 0 Å². The number of sulfonamides is 1. The molecule has 3 N–H and O–H groups in total. The van der Waals surface area contributed by atoms with Gasteiger partial charge in [-0.05, 0) is 60.0 Å². The molecule has 0 saturated carbocycles. The summed E-state index contributed by atoms with van der Waals surface area (Å²) in [6.07, 6.45) is 0. The van der Waals surface area contributed by atoms with E-state index in [0.29, 0.717) is 30.2 Å². The lowest BCUT2D eigenvalue weighted by Crippen LogP contribution is -2.38. The summed E-state index contributed by atoms with van der Waals surface area (Å²) >= 11 is 0. The first kappa shape index (κ1) is 32.7. The summed E-state index contributed by atoms with van der Waals surface area (Å²) in [6, 6.07) is 46.0. The summed E-state index contributed by atoms with van der Waals surface area (Å²) in [5, 5.41) is 6.53. The lowest BCUT2D eigenvalue weighted by Gasteiger charge is -2.30. The van der Waals surface area contributed by atoms with Gasteiger partial charge in [0.1, 0.15) is 11.5 Å².